The zero-order valence-electron chi connectivity index (χ0n) is 8.22. The van der Waals surface area contributed by atoms with Crippen molar-refractivity contribution in [3.8, 4) is 0 Å². The van der Waals surface area contributed by atoms with Crippen molar-refractivity contribution in [1.29, 1.82) is 0 Å². The van der Waals surface area contributed by atoms with Crippen molar-refractivity contribution < 1.29 is 9.90 Å². The Morgan fingerprint density at radius 1 is 1.33 bits per heavy atom. The monoisotopic (exact) mass is 228 g/mol. The van der Waals surface area contributed by atoms with E-state index in [1.54, 1.807) is 12.3 Å². The Hall–Kier alpha value is -1.29. The molecule has 0 atom stereocenters. The van der Waals surface area contributed by atoms with Gasteiger partial charge in [0.15, 0.2) is 0 Å². The molecule has 0 unspecified atom stereocenters. The molecule has 1 aliphatic heterocycles. The molecule has 5 heteroatoms. The second kappa shape index (κ2) is 4.98. The molecule has 0 spiro atoms. The van der Waals surface area contributed by atoms with Crippen LogP contribution in [0.5, 0.6) is 0 Å². The van der Waals surface area contributed by atoms with Crippen LogP contribution < -0.4 is 4.90 Å². The van der Waals surface area contributed by atoms with E-state index in [1.165, 1.54) is 19.0 Å². The quantitative estimate of drug-likeness (QED) is 0.839. The smallest absolute Gasteiger partial charge is 0.337 e. The number of carbonyl (C=O) groups is 1. The Labute approximate surface area is 94.3 Å². The minimum atomic E-state index is -0.918. The fourth-order valence-corrected chi connectivity index (χ4v) is 1.69. The average molecular weight is 229 g/mol. The summed E-state index contributed by atoms with van der Waals surface area (Å²) in [6.07, 6.45) is 5.45. The normalized spacial score (nSPS) is 14.8. The molecule has 1 aromatic rings. The number of hydrogen-bond acceptors (Lipinski definition) is 3. The zero-order valence-corrected chi connectivity index (χ0v) is 9.04. The first-order chi connectivity index (χ1) is 6.77. The first-order valence-corrected chi connectivity index (χ1v) is 4.70. The van der Waals surface area contributed by atoms with Crippen molar-refractivity contribution in [3.05, 3.63) is 24.0 Å². The SMILES string of the molecule is Cl.O=C(O)c1cncc(N2CCCC2)c1. The molecule has 0 radical (unpaired) electrons. The summed E-state index contributed by atoms with van der Waals surface area (Å²) in [6, 6.07) is 1.68. The molecule has 0 bridgehead atoms. The van der Waals surface area contributed by atoms with Gasteiger partial charge in [0.25, 0.3) is 0 Å². The number of pyridine rings is 1. The molecule has 2 heterocycles. The molecule has 0 saturated carbocycles. The van der Waals surface area contributed by atoms with Crippen LogP contribution in [-0.2, 0) is 0 Å². The van der Waals surface area contributed by atoms with Crippen LogP contribution in [0.25, 0.3) is 0 Å². The highest BCUT2D eigenvalue weighted by molar-refractivity contribution is 5.88. The van der Waals surface area contributed by atoms with Gasteiger partial charge < -0.3 is 10.0 Å². The summed E-state index contributed by atoms with van der Waals surface area (Å²) in [4.78, 5) is 16.8. The van der Waals surface area contributed by atoms with Gasteiger partial charge in [-0.25, -0.2) is 4.79 Å². The summed E-state index contributed by atoms with van der Waals surface area (Å²) in [6.45, 7) is 2.01. The predicted molar refractivity (Wildman–Crippen MR) is 59.9 cm³/mol. The van der Waals surface area contributed by atoms with Gasteiger partial charge in [-0.15, -0.1) is 12.4 Å². The van der Waals surface area contributed by atoms with E-state index >= 15 is 0 Å². The summed E-state index contributed by atoms with van der Waals surface area (Å²) < 4.78 is 0. The molecule has 2 rings (SSSR count). The van der Waals surface area contributed by atoms with Gasteiger partial charge in [0.2, 0.25) is 0 Å². The van der Waals surface area contributed by atoms with Crippen LogP contribution >= 0.6 is 12.4 Å². The Kier molecular flexibility index (Phi) is 3.91. The molecule has 0 aliphatic carbocycles. The topological polar surface area (TPSA) is 53.4 Å². The fraction of sp³-hybridized carbons (Fsp3) is 0.400. The number of hydrogen-bond donors (Lipinski definition) is 1. The van der Waals surface area contributed by atoms with Gasteiger partial charge in [-0.05, 0) is 18.9 Å². The molecule has 1 fully saturated rings. The maximum Gasteiger partial charge on any atom is 0.337 e. The lowest BCUT2D eigenvalue weighted by Gasteiger charge is -2.16. The lowest BCUT2D eigenvalue weighted by molar-refractivity contribution is 0.0696. The summed E-state index contributed by atoms with van der Waals surface area (Å²) in [7, 11) is 0. The maximum atomic E-state index is 10.7. The van der Waals surface area contributed by atoms with Crippen molar-refractivity contribution in [2.24, 2.45) is 0 Å². The lowest BCUT2D eigenvalue weighted by atomic mass is 10.2. The molecular formula is C10H13ClN2O2. The summed E-state index contributed by atoms with van der Waals surface area (Å²) in [5, 5.41) is 8.79. The molecule has 15 heavy (non-hydrogen) atoms. The van der Waals surface area contributed by atoms with Crippen molar-refractivity contribution in [2.45, 2.75) is 12.8 Å². The van der Waals surface area contributed by atoms with E-state index in [9.17, 15) is 4.79 Å². The van der Waals surface area contributed by atoms with E-state index in [4.69, 9.17) is 5.11 Å². The average Bonchev–Trinajstić information content (AvgIpc) is 2.71. The van der Waals surface area contributed by atoms with Crippen LogP contribution in [0.3, 0.4) is 0 Å². The van der Waals surface area contributed by atoms with Crippen LogP contribution in [0.1, 0.15) is 23.2 Å². The molecule has 0 aromatic carbocycles. The van der Waals surface area contributed by atoms with Gasteiger partial charge >= 0.3 is 5.97 Å². The first-order valence-electron chi connectivity index (χ1n) is 4.70. The summed E-state index contributed by atoms with van der Waals surface area (Å²) in [5.41, 5.74) is 1.18. The van der Waals surface area contributed by atoms with Gasteiger partial charge in [0.1, 0.15) is 0 Å². The van der Waals surface area contributed by atoms with Crippen LogP contribution in [-0.4, -0.2) is 29.1 Å². The lowest BCUT2D eigenvalue weighted by Crippen LogP contribution is -2.18. The van der Waals surface area contributed by atoms with Crippen molar-refractivity contribution >= 4 is 24.1 Å². The highest BCUT2D eigenvalue weighted by atomic mass is 35.5. The Bertz CT molecular complexity index is 351. The third-order valence-corrected chi connectivity index (χ3v) is 2.44. The number of carboxylic acids is 1. The fourth-order valence-electron chi connectivity index (χ4n) is 1.69. The molecular weight excluding hydrogens is 216 g/mol. The minimum absolute atomic E-state index is 0. The minimum Gasteiger partial charge on any atom is -0.478 e. The van der Waals surface area contributed by atoms with Gasteiger partial charge in [0.05, 0.1) is 17.4 Å². The number of halogens is 1. The third-order valence-electron chi connectivity index (χ3n) is 2.44. The Morgan fingerprint density at radius 3 is 2.60 bits per heavy atom. The number of aromatic nitrogens is 1. The van der Waals surface area contributed by atoms with Gasteiger partial charge in [0, 0.05) is 19.3 Å². The largest absolute Gasteiger partial charge is 0.478 e. The molecule has 0 amide bonds. The first kappa shape index (κ1) is 11.8. The van der Waals surface area contributed by atoms with E-state index in [1.807, 2.05) is 0 Å². The van der Waals surface area contributed by atoms with E-state index in [-0.39, 0.29) is 18.0 Å². The van der Waals surface area contributed by atoms with E-state index in [2.05, 4.69) is 9.88 Å². The van der Waals surface area contributed by atoms with Gasteiger partial charge in [-0.3, -0.25) is 4.98 Å². The van der Waals surface area contributed by atoms with Crippen LogP contribution in [0.4, 0.5) is 5.69 Å². The number of aromatic carboxylic acids is 1. The van der Waals surface area contributed by atoms with E-state index in [0.29, 0.717) is 0 Å². The van der Waals surface area contributed by atoms with Crippen molar-refractivity contribution in [1.82, 2.24) is 4.98 Å². The van der Waals surface area contributed by atoms with Crippen LogP contribution in [0, 0.1) is 0 Å². The number of carboxylic acid groups (broad SMARTS) is 1. The molecule has 1 aliphatic rings. The maximum absolute atomic E-state index is 10.7. The number of anilines is 1. The number of nitrogens with zero attached hydrogens (tertiary/aromatic N) is 2. The predicted octanol–water partition coefficient (Wildman–Crippen LogP) is 1.80. The van der Waals surface area contributed by atoms with Gasteiger partial charge in [-0.2, -0.15) is 0 Å². The summed E-state index contributed by atoms with van der Waals surface area (Å²) in [5.74, 6) is -0.918. The number of rotatable bonds is 2. The Balaban J connectivity index is 0.00000112. The molecule has 1 saturated heterocycles. The van der Waals surface area contributed by atoms with Gasteiger partial charge in [-0.1, -0.05) is 0 Å². The molecule has 82 valence electrons. The van der Waals surface area contributed by atoms with Crippen molar-refractivity contribution in [2.75, 3.05) is 18.0 Å². The Morgan fingerprint density at radius 2 is 2.00 bits per heavy atom. The van der Waals surface area contributed by atoms with Crippen molar-refractivity contribution in [3.63, 3.8) is 0 Å². The molecule has 4 nitrogen and oxygen atoms in total. The second-order valence-corrected chi connectivity index (χ2v) is 3.43. The highest BCUT2D eigenvalue weighted by Gasteiger charge is 2.14. The van der Waals surface area contributed by atoms with E-state index < -0.39 is 5.97 Å². The summed E-state index contributed by atoms with van der Waals surface area (Å²) >= 11 is 0. The highest BCUT2D eigenvalue weighted by Crippen LogP contribution is 2.19. The standard InChI is InChI=1S/C10H12N2O2.ClH/c13-10(14)8-5-9(7-11-6-8)12-3-1-2-4-12;/h5-7H,1-4H2,(H,13,14);1H. The molecule has 1 aromatic heterocycles. The van der Waals surface area contributed by atoms with Crippen LogP contribution in [0.2, 0.25) is 0 Å². The second-order valence-electron chi connectivity index (χ2n) is 3.43. The van der Waals surface area contributed by atoms with E-state index in [0.717, 1.165) is 18.8 Å². The zero-order chi connectivity index (χ0) is 9.97. The third kappa shape index (κ3) is 2.59. The molecule has 1 N–H and O–H groups in total. The van der Waals surface area contributed by atoms with Crippen LogP contribution in [0.15, 0.2) is 18.5 Å².